The molecule has 0 spiro atoms. The molecule has 0 amide bonds. The molecule has 13 heavy (non-hydrogen) atoms. The highest BCUT2D eigenvalue weighted by Crippen LogP contribution is 1.97. The molecule has 0 aromatic rings. The first-order valence-electron chi connectivity index (χ1n) is 5.15. The summed E-state index contributed by atoms with van der Waals surface area (Å²) in [6, 6.07) is 0. The van der Waals surface area contributed by atoms with Gasteiger partial charge in [0.1, 0.15) is 0 Å². The molecule has 0 aliphatic carbocycles. The molecule has 0 saturated heterocycles. The van der Waals surface area contributed by atoms with Crippen LogP contribution in [0.5, 0.6) is 0 Å². The van der Waals surface area contributed by atoms with Gasteiger partial charge in [-0.2, -0.15) is 0 Å². The highest BCUT2D eigenvalue weighted by Gasteiger charge is 2.08. The normalized spacial score (nSPS) is 14.1. The van der Waals surface area contributed by atoms with Crippen molar-refractivity contribution in [1.29, 1.82) is 0 Å². The SMILES string of the molecule is CCN(CC)CC(O)CCN(C)C. The molecule has 0 aliphatic rings. The Morgan fingerprint density at radius 1 is 1.15 bits per heavy atom. The summed E-state index contributed by atoms with van der Waals surface area (Å²) >= 11 is 0. The van der Waals surface area contributed by atoms with Gasteiger partial charge in [0.2, 0.25) is 0 Å². The summed E-state index contributed by atoms with van der Waals surface area (Å²) < 4.78 is 0. The Morgan fingerprint density at radius 2 is 1.69 bits per heavy atom. The molecule has 0 radical (unpaired) electrons. The zero-order valence-electron chi connectivity index (χ0n) is 9.45. The molecule has 0 aromatic heterocycles. The van der Waals surface area contributed by atoms with Crippen molar-refractivity contribution in [2.45, 2.75) is 26.4 Å². The Kier molecular flexibility index (Phi) is 7.23. The number of likely N-dealkylation sites (N-methyl/N-ethyl adjacent to an activating group) is 1. The quantitative estimate of drug-likeness (QED) is 0.635. The summed E-state index contributed by atoms with van der Waals surface area (Å²) in [5.74, 6) is 0. The minimum Gasteiger partial charge on any atom is -0.392 e. The van der Waals surface area contributed by atoms with E-state index < -0.39 is 0 Å². The molecule has 0 rings (SSSR count). The van der Waals surface area contributed by atoms with Crippen LogP contribution in [0.4, 0.5) is 0 Å². The smallest absolute Gasteiger partial charge is 0.0679 e. The first-order chi connectivity index (χ1) is 6.10. The van der Waals surface area contributed by atoms with Gasteiger partial charge in [-0.15, -0.1) is 0 Å². The largest absolute Gasteiger partial charge is 0.392 e. The highest BCUT2D eigenvalue weighted by atomic mass is 16.3. The van der Waals surface area contributed by atoms with E-state index in [1.54, 1.807) is 0 Å². The van der Waals surface area contributed by atoms with Gasteiger partial charge < -0.3 is 14.9 Å². The van der Waals surface area contributed by atoms with Crippen molar-refractivity contribution in [3.63, 3.8) is 0 Å². The van der Waals surface area contributed by atoms with Gasteiger partial charge in [-0.25, -0.2) is 0 Å². The average molecular weight is 188 g/mol. The van der Waals surface area contributed by atoms with Crippen LogP contribution in [0.25, 0.3) is 0 Å². The summed E-state index contributed by atoms with van der Waals surface area (Å²) in [5, 5.41) is 9.66. The van der Waals surface area contributed by atoms with E-state index in [0.717, 1.165) is 32.6 Å². The minimum absolute atomic E-state index is 0.178. The third-order valence-electron chi connectivity index (χ3n) is 2.27. The van der Waals surface area contributed by atoms with Crippen molar-refractivity contribution in [2.24, 2.45) is 0 Å². The molecule has 0 fully saturated rings. The maximum absolute atomic E-state index is 9.66. The lowest BCUT2D eigenvalue weighted by Crippen LogP contribution is -2.33. The maximum atomic E-state index is 9.66. The van der Waals surface area contributed by atoms with Crippen LogP contribution >= 0.6 is 0 Å². The summed E-state index contributed by atoms with van der Waals surface area (Å²) in [6.45, 7) is 8.07. The second kappa shape index (κ2) is 7.30. The van der Waals surface area contributed by atoms with E-state index in [2.05, 4.69) is 23.6 Å². The van der Waals surface area contributed by atoms with Crippen molar-refractivity contribution >= 4 is 0 Å². The summed E-state index contributed by atoms with van der Waals surface area (Å²) in [7, 11) is 4.06. The number of rotatable bonds is 7. The lowest BCUT2D eigenvalue weighted by atomic mass is 10.2. The predicted molar refractivity (Wildman–Crippen MR) is 57.0 cm³/mol. The highest BCUT2D eigenvalue weighted by molar-refractivity contribution is 4.63. The minimum atomic E-state index is -0.178. The molecule has 1 atom stereocenters. The van der Waals surface area contributed by atoms with Crippen molar-refractivity contribution in [3.05, 3.63) is 0 Å². The van der Waals surface area contributed by atoms with Crippen molar-refractivity contribution in [2.75, 3.05) is 40.3 Å². The van der Waals surface area contributed by atoms with Crippen LogP contribution in [0, 0.1) is 0 Å². The number of hydrogen-bond acceptors (Lipinski definition) is 3. The van der Waals surface area contributed by atoms with E-state index in [1.165, 1.54) is 0 Å². The Morgan fingerprint density at radius 3 is 2.08 bits per heavy atom. The van der Waals surface area contributed by atoms with Crippen LogP contribution < -0.4 is 0 Å². The molecule has 0 aliphatic heterocycles. The van der Waals surface area contributed by atoms with Crippen LogP contribution in [-0.2, 0) is 0 Å². The number of aliphatic hydroxyl groups is 1. The van der Waals surface area contributed by atoms with E-state index in [4.69, 9.17) is 0 Å². The average Bonchev–Trinajstić information content (AvgIpc) is 2.10. The molecule has 0 bridgehead atoms. The first-order valence-corrected chi connectivity index (χ1v) is 5.15. The van der Waals surface area contributed by atoms with Crippen molar-refractivity contribution < 1.29 is 5.11 Å². The number of hydrogen-bond donors (Lipinski definition) is 1. The van der Waals surface area contributed by atoms with Gasteiger partial charge >= 0.3 is 0 Å². The second-order valence-corrected chi connectivity index (χ2v) is 3.73. The van der Waals surface area contributed by atoms with E-state index in [1.807, 2.05) is 14.1 Å². The van der Waals surface area contributed by atoms with Gasteiger partial charge in [0.15, 0.2) is 0 Å². The zero-order valence-corrected chi connectivity index (χ0v) is 9.45. The van der Waals surface area contributed by atoms with Gasteiger partial charge in [-0.05, 0) is 33.6 Å². The van der Waals surface area contributed by atoms with Crippen LogP contribution in [0.3, 0.4) is 0 Å². The molecule has 3 heteroatoms. The molecule has 1 N–H and O–H groups in total. The summed E-state index contributed by atoms with van der Waals surface area (Å²) in [6.07, 6.45) is 0.686. The van der Waals surface area contributed by atoms with Gasteiger partial charge in [0.05, 0.1) is 6.10 Å². The Labute approximate surface area is 82.3 Å². The summed E-state index contributed by atoms with van der Waals surface area (Å²) in [5.41, 5.74) is 0. The van der Waals surface area contributed by atoms with Crippen molar-refractivity contribution in [3.8, 4) is 0 Å². The Bertz CT molecular complexity index is 113. The standard InChI is InChI=1S/C10H24N2O/c1-5-12(6-2)9-10(13)7-8-11(3)4/h10,13H,5-9H2,1-4H3. The summed E-state index contributed by atoms with van der Waals surface area (Å²) in [4.78, 5) is 4.35. The first kappa shape index (κ1) is 12.9. The van der Waals surface area contributed by atoms with Crippen molar-refractivity contribution in [1.82, 2.24) is 9.80 Å². The fourth-order valence-electron chi connectivity index (χ4n) is 1.28. The second-order valence-electron chi connectivity index (χ2n) is 3.73. The topological polar surface area (TPSA) is 26.7 Å². The molecule has 3 nitrogen and oxygen atoms in total. The Hall–Kier alpha value is -0.120. The van der Waals surface area contributed by atoms with Crippen LogP contribution in [-0.4, -0.2) is 61.3 Å². The fourth-order valence-corrected chi connectivity index (χ4v) is 1.28. The maximum Gasteiger partial charge on any atom is 0.0679 e. The molecule has 0 heterocycles. The van der Waals surface area contributed by atoms with E-state index >= 15 is 0 Å². The van der Waals surface area contributed by atoms with E-state index in [9.17, 15) is 5.11 Å². The molecular weight excluding hydrogens is 164 g/mol. The molecular formula is C10H24N2O. The fraction of sp³-hybridized carbons (Fsp3) is 1.00. The molecule has 80 valence electrons. The van der Waals surface area contributed by atoms with Crippen LogP contribution in [0.15, 0.2) is 0 Å². The van der Waals surface area contributed by atoms with Gasteiger partial charge in [0.25, 0.3) is 0 Å². The lowest BCUT2D eigenvalue weighted by Gasteiger charge is -2.22. The predicted octanol–water partition coefficient (Wildman–Crippen LogP) is 0.641. The van der Waals surface area contributed by atoms with E-state index in [-0.39, 0.29) is 6.10 Å². The number of aliphatic hydroxyl groups excluding tert-OH is 1. The third kappa shape index (κ3) is 6.99. The zero-order chi connectivity index (χ0) is 10.3. The molecule has 0 aromatic carbocycles. The third-order valence-corrected chi connectivity index (χ3v) is 2.27. The Balaban J connectivity index is 3.53. The molecule has 1 unspecified atom stereocenters. The monoisotopic (exact) mass is 188 g/mol. The lowest BCUT2D eigenvalue weighted by molar-refractivity contribution is 0.103. The van der Waals surface area contributed by atoms with Gasteiger partial charge in [-0.3, -0.25) is 0 Å². The number of nitrogens with zero attached hydrogens (tertiary/aromatic N) is 2. The van der Waals surface area contributed by atoms with Gasteiger partial charge in [0, 0.05) is 13.1 Å². The van der Waals surface area contributed by atoms with Crippen LogP contribution in [0.2, 0.25) is 0 Å². The van der Waals surface area contributed by atoms with Gasteiger partial charge in [-0.1, -0.05) is 13.8 Å². The van der Waals surface area contributed by atoms with Crippen LogP contribution in [0.1, 0.15) is 20.3 Å². The van der Waals surface area contributed by atoms with E-state index in [0.29, 0.717) is 0 Å². The molecule has 0 saturated carbocycles.